The average Bonchev–Trinajstić information content (AvgIpc) is 2.83. The van der Waals surface area contributed by atoms with E-state index in [9.17, 15) is 9.59 Å². The van der Waals surface area contributed by atoms with Crippen molar-refractivity contribution in [3.05, 3.63) is 0 Å². The minimum Gasteiger partial charge on any atom is -0.480 e. The maximum atomic E-state index is 12.8. The van der Waals surface area contributed by atoms with Crippen LogP contribution in [0, 0.1) is 0 Å². The SMILES string of the molecule is CCN1CCC2CCC(C1)N2C(=O)NC1CC(N(CC)CC(=O)O)C1. The summed E-state index contributed by atoms with van der Waals surface area (Å²) in [5.41, 5.74) is 0. The molecule has 2 N–H and O–H groups in total. The Balaban J connectivity index is 1.50. The number of nitrogens with one attached hydrogen (secondary N) is 1. The molecule has 2 unspecified atom stereocenters. The average molecular weight is 352 g/mol. The van der Waals surface area contributed by atoms with Crippen molar-refractivity contribution >= 4 is 12.0 Å². The Kier molecular flexibility index (Phi) is 5.84. The molecule has 0 spiro atoms. The molecule has 142 valence electrons. The molecule has 25 heavy (non-hydrogen) atoms. The van der Waals surface area contributed by atoms with E-state index in [1.807, 2.05) is 11.8 Å². The molecule has 0 aromatic heterocycles. The standard InChI is InChI=1S/C18H32N4O3/c1-3-20-8-7-14-5-6-15(11-20)22(14)18(25)19-13-9-16(10-13)21(4-2)12-17(23)24/h13-16H,3-12H2,1-2H3,(H,19,25)(H,23,24). The van der Waals surface area contributed by atoms with Gasteiger partial charge in [-0.1, -0.05) is 13.8 Å². The smallest absolute Gasteiger partial charge is 0.318 e. The number of likely N-dealkylation sites (tertiary alicyclic amines) is 1. The Labute approximate surface area is 150 Å². The highest BCUT2D eigenvalue weighted by atomic mass is 16.4. The van der Waals surface area contributed by atoms with Gasteiger partial charge < -0.3 is 20.2 Å². The second-order valence-corrected chi connectivity index (χ2v) is 7.70. The molecular formula is C18H32N4O3. The Bertz CT molecular complexity index is 495. The number of rotatable bonds is 6. The molecule has 2 atom stereocenters. The molecule has 1 aliphatic carbocycles. The molecule has 0 aromatic carbocycles. The van der Waals surface area contributed by atoms with Crippen LogP contribution in [0.15, 0.2) is 0 Å². The van der Waals surface area contributed by atoms with Crippen molar-refractivity contribution in [2.24, 2.45) is 0 Å². The van der Waals surface area contributed by atoms with Gasteiger partial charge in [0.2, 0.25) is 0 Å². The molecule has 3 rings (SSSR count). The van der Waals surface area contributed by atoms with Crippen LogP contribution in [-0.4, -0.2) is 88.7 Å². The summed E-state index contributed by atoms with van der Waals surface area (Å²) in [6.45, 7) is 8.15. The van der Waals surface area contributed by atoms with Crippen LogP contribution in [0.4, 0.5) is 4.79 Å². The Hall–Kier alpha value is -1.34. The summed E-state index contributed by atoms with van der Waals surface area (Å²) >= 11 is 0. The van der Waals surface area contributed by atoms with Crippen LogP contribution in [0.2, 0.25) is 0 Å². The van der Waals surface area contributed by atoms with Crippen molar-refractivity contribution in [1.82, 2.24) is 20.0 Å². The van der Waals surface area contributed by atoms with Crippen molar-refractivity contribution in [2.75, 3.05) is 32.7 Å². The molecule has 2 aliphatic heterocycles. The van der Waals surface area contributed by atoms with E-state index < -0.39 is 5.97 Å². The number of urea groups is 1. The van der Waals surface area contributed by atoms with Crippen LogP contribution in [-0.2, 0) is 4.79 Å². The van der Waals surface area contributed by atoms with Crippen molar-refractivity contribution in [3.63, 3.8) is 0 Å². The molecule has 0 radical (unpaired) electrons. The van der Waals surface area contributed by atoms with Gasteiger partial charge in [-0.05, 0) is 45.2 Å². The van der Waals surface area contributed by atoms with Gasteiger partial charge in [0.1, 0.15) is 0 Å². The highest BCUT2D eigenvalue weighted by Gasteiger charge is 2.42. The van der Waals surface area contributed by atoms with Gasteiger partial charge in [-0.2, -0.15) is 0 Å². The maximum absolute atomic E-state index is 12.8. The molecule has 7 nitrogen and oxygen atoms in total. The van der Waals surface area contributed by atoms with Crippen LogP contribution in [0.25, 0.3) is 0 Å². The number of carboxylic acids is 1. The molecule has 2 bridgehead atoms. The van der Waals surface area contributed by atoms with Gasteiger partial charge in [0, 0.05) is 37.3 Å². The highest BCUT2D eigenvalue weighted by molar-refractivity contribution is 5.76. The zero-order valence-electron chi connectivity index (χ0n) is 15.5. The van der Waals surface area contributed by atoms with E-state index >= 15 is 0 Å². The Morgan fingerprint density at radius 2 is 1.88 bits per heavy atom. The lowest BCUT2D eigenvalue weighted by molar-refractivity contribution is -0.139. The number of amides is 2. The van der Waals surface area contributed by atoms with Gasteiger partial charge in [-0.3, -0.25) is 9.69 Å². The summed E-state index contributed by atoms with van der Waals surface area (Å²) in [7, 11) is 0. The summed E-state index contributed by atoms with van der Waals surface area (Å²) in [5, 5.41) is 12.2. The third kappa shape index (κ3) is 4.08. The number of carbonyl (C=O) groups is 2. The van der Waals surface area contributed by atoms with E-state index in [-0.39, 0.29) is 24.7 Å². The Morgan fingerprint density at radius 1 is 1.16 bits per heavy atom. The maximum Gasteiger partial charge on any atom is 0.318 e. The minimum absolute atomic E-state index is 0.0883. The molecular weight excluding hydrogens is 320 g/mol. The highest BCUT2D eigenvalue weighted by Crippen LogP contribution is 2.31. The van der Waals surface area contributed by atoms with E-state index in [0.29, 0.717) is 12.1 Å². The van der Waals surface area contributed by atoms with Gasteiger partial charge in [0.25, 0.3) is 0 Å². The van der Waals surface area contributed by atoms with Crippen LogP contribution in [0.5, 0.6) is 0 Å². The number of carbonyl (C=O) groups excluding carboxylic acids is 1. The fourth-order valence-electron chi connectivity index (χ4n) is 4.69. The number of carboxylic acid groups (broad SMARTS) is 1. The monoisotopic (exact) mass is 352 g/mol. The van der Waals surface area contributed by atoms with Crippen molar-refractivity contribution in [2.45, 2.75) is 70.1 Å². The van der Waals surface area contributed by atoms with Gasteiger partial charge in [0.05, 0.1) is 6.54 Å². The van der Waals surface area contributed by atoms with E-state index in [0.717, 1.165) is 58.3 Å². The number of likely N-dealkylation sites (N-methyl/N-ethyl adjacent to an activating group) is 2. The van der Waals surface area contributed by atoms with Gasteiger partial charge in [-0.15, -0.1) is 0 Å². The predicted octanol–water partition coefficient (Wildman–Crippen LogP) is 1.19. The van der Waals surface area contributed by atoms with E-state index in [1.54, 1.807) is 0 Å². The third-order valence-corrected chi connectivity index (χ3v) is 6.25. The summed E-state index contributed by atoms with van der Waals surface area (Å²) in [6.07, 6.45) is 5.04. The minimum atomic E-state index is -0.782. The fourth-order valence-corrected chi connectivity index (χ4v) is 4.69. The van der Waals surface area contributed by atoms with E-state index in [4.69, 9.17) is 5.11 Å². The van der Waals surface area contributed by atoms with Gasteiger partial charge in [-0.25, -0.2) is 4.79 Å². The zero-order chi connectivity index (χ0) is 18.0. The second-order valence-electron chi connectivity index (χ2n) is 7.70. The number of hydrogen-bond donors (Lipinski definition) is 2. The number of nitrogens with zero attached hydrogens (tertiary/aromatic N) is 3. The lowest BCUT2D eigenvalue weighted by Crippen LogP contribution is -2.58. The molecule has 7 heteroatoms. The fraction of sp³-hybridized carbons (Fsp3) is 0.889. The summed E-state index contributed by atoms with van der Waals surface area (Å²) < 4.78 is 0. The number of aliphatic carboxylic acids is 1. The quantitative estimate of drug-likeness (QED) is 0.751. The molecule has 3 fully saturated rings. The number of hydrogen-bond acceptors (Lipinski definition) is 4. The van der Waals surface area contributed by atoms with E-state index in [1.165, 1.54) is 0 Å². The summed E-state index contributed by atoms with van der Waals surface area (Å²) in [6, 6.07) is 1.29. The lowest BCUT2D eigenvalue weighted by Gasteiger charge is -2.43. The van der Waals surface area contributed by atoms with Gasteiger partial charge in [0.15, 0.2) is 0 Å². The molecule has 2 amide bonds. The van der Waals surface area contributed by atoms with Crippen LogP contribution >= 0.6 is 0 Å². The molecule has 0 aromatic rings. The Morgan fingerprint density at radius 3 is 2.52 bits per heavy atom. The van der Waals surface area contributed by atoms with Crippen LogP contribution < -0.4 is 5.32 Å². The lowest BCUT2D eigenvalue weighted by atomic mass is 9.85. The van der Waals surface area contributed by atoms with Crippen molar-refractivity contribution in [3.8, 4) is 0 Å². The molecule has 1 saturated carbocycles. The first kappa shape index (κ1) is 18.5. The molecule has 2 heterocycles. The topological polar surface area (TPSA) is 76.1 Å². The van der Waals surface area contributed by atoms with Crippen molar-refractivity contribution < 1.29 is 14.7 Å². The summed E-state index contributed by atoms with van der Waals surface area (Å²) in [4.78, 5) is 30.3. The molecule has 2 saturated heterocycles. The second kappa shape index (κ2) is 7.91. The van der Waals surface area contributed by atoms with Crippen molar-refractivity contribution in [1.29, 1.82) is 0 Å². The van der Waals surface area contributed by atoms with Gasteiger partial charge >= 0.3 is 12.0 Å². The molecule has 3 aliphatic rings. The summed E-state index contributed by atoms with van der Waals surface area (Å²) in [5.74, 6) is -0.782. The first-order chi connectivity index (χ1) is 12.0. The van der Waals surface area contributed by atoms with Crippen LogP contribution in [0.3, 0.4) is 0 Å². The normalized spacial score (nSPS) is 32.4. The number of fused-ring (bicyclic) bond motifs is 2. The third-order valence-electron chi connectivity index (χ3n) is 6.25. The largest absolute Gasteiger partial charge is 0.480 e. The predicted molar refractivity (Wildman–Crippen MR) is 95.6 cm³/mol. The zero-order valence-corrected chi connectivity index (χ0v) is 15.5. The van der Waals surface area contributed by atoms with E-state index in [2.05, 4.69) is 22.0 Å². The van der Waals surface area contributed by atoms with Crippen LogP contribution in [0.1, 0.15) is 46.0 Å². The first-order valence-corrected chi connectivity index (χ1v) is 9.78. The first-order valence-electron chi connectivity index (χ1n) is 9.78.